The van der Waals surface area contributed by atoms with E-state index in [-0.39, 0.29) is 12.3 Å². The Morgan fingerprint density at radius 3 is 2.82 bits per heavy atom. The van der Waals surface area contributed by atoms with Gasteiger partial charge in [-0.3, -0.25) is 4.79 Å². The highest BCUT2D eigenvalue weighted by Gasteiger charge is 2.09. The molecule has 1 unspecified atom stereocenters. The number of rotatable bonds is 4. The Morgan fingerprint density at radius 2 is 2.36 bits per heavy atom. The summed E-state index contributed by atoms with van der Waals surface area (Å²) in [6.45, 7) is 0.853. The van der Waals surface area contributed by atoms with Crippen molar-refractivity contribution in [2.45, 2.75) is 12.5 Å². The van der Waals surface area contributed by atoms with Crippen molar-refractivity contribution in [3.8, 4) is 12.3 Å². The van der Waals surface area contributed by atoms with Gasteiger partial charge in [0.05, 0.1) is 6.04 Å². The summed E-state index contributed by atoms with van der Waals surface area (Å²) in [5, 5.41) is 2.53. The molecule has 0 aromatic heterocycles. The highest BCUT2D eigenvalue weighted by atomic mass is 16.2. The number of nitrogens with one attached hydrogen (secondary N) is 1. The van der Waals surface area contributed by atoms with Crippen LogP contribution in [0.1, 0.15) is 6.42 Å². The van der Waals surface area contributed by atoms with Gasteiger partial charge in [0.25, 0.3) is 0 Å². The van der Waals surface area contributed by atoms with E-state index in [1.54, 1.807) is 0 Å². The largest absolute Gasteiger partial charge is 0.353 e. The molecule has 0 heterocycles. The summed E-state index contributed by atoms with van der Waals surface area (Å²) in [6.07, 6.45) is 5.22. The molecule has 0 rings (SSSR count). The van der Waals surface area contributed by atoms with Gasteiger partial charge in [0.1, 0.15) is 0 Å². The Labute approximate surface area is 66.3 Å². The third-order valence-corrected chi connectivity index (χ3v) is 1.12. The summed E-state index contributed by atoms with van der Waals surface area (Å²) in [4.78, 5) is 10.9. The molecule has 0 aliphatic heterocycles. The van der Waals surface area contributed by atoms with E-state index < -0.39 is 6.04 Å². The van der Waals surface area contributed by atoms with Crippen molar-refractivity contribution in [2.75, 3.05) is 13.1 Å². The molecular formula is C7H13N3O. The van der Waals surface area contributed by atoms with Crippen LogP contribution in [-0.2, 0) is 4.79 Å². The molecule has 0 fully saturated rings. The molecule has 0 spiro atoms. The van der Waals surface area contributed by atoms with E-state index >= 15 is 0 Å². The minimum atomic E-state index is -0.605. The zero-order valence-electron chi connectivity index (χ0n) is 6.34. The predicted octanol–water partition coefficient (Wildman–Crippen LogP) is -1.59. The minimum absolute atomic E-state index is 0.242. The van der Waals surface area contributed by atoms with Crippen molar-refractivity contribution in [3.63, 3.8) is 0 Å². The van der Waals surface area contributed by atoms with Crippen molar-refractivity contribution in [3.05, 3.63) is 0 Å². The SMILES string of the molecule is C#CCC(N)C(=O)NCCN. The first kappa shape index (κ1) is 9.95. The lowest BCUT2D eigenvalue weighted by atomic mass is 10.2. The predicted molar refractivity (Wildman–Crippen MR) is 43.5 cm³/mol. The van der Waals surface area contributed by atoms with Gasteiger partial charge in [-0.1, -0.05) is 0 Å². The summed E-state index contributed by atoms with van der Waals surface area (Å²) < 4.78 is 0. The number of carbonyl (C=O) groups excluding carboxylic acids is 1. The van der Waals surface area contributed by atoms with Crippen LogP contribution in [0.5, 0.6) is 0 Å². The van der Waals surface area contributed by atoms with Crippen molar-refractivity contribution in [1.82, 2.24) is 5.32 Å². The number of carbonyl (C=O) groups is 1. The third kappa shape index (κ3) is 4.37. The number of hydrogen-bond acceptors (Lipinski definition) is 3. The van der Waals surface area contributed by atoms with Gasteiger partial charge < -0.3 is 16.8 Å². The Bertz CT molecular complexity index is 162. The zero-order chi connectivity index (χ0) is 8.69. The smallest absolute Gasteiger partial charge is 0.237 e. The first-order valence-corrected chi connectivity index (χ1v) is 3.39. The number of terminal acetylenes is 1. The highest BCUT2D eigenvalue weighted by Crippen LogP contribution is 1.84. The molecule has 0 aliphatic rings. The van der Waals surface area contributed by atoms with Crippen molar-refractivity contribution >= 4 is 5.91 Å². The van der Waals surface area contributed by atoms with Crippen molar-refractivity contribution in [2.24, 2.45) is 11.5 Å². The van der Waals surface area contributed by atoms with Crippen molar-refractivity contribution in [1.29, 1.82) is 0 Å². The van der Waals surface area contributed by atoms with Crippen LogP contribution < -0.4 is 16.8 Å². The second-order valence-corrected chi connectivity index (χ2v) is 2.09. The highest BCUT2D eigenvalue weighted by molar-refractivity contribution is 5.81. The molecule has 0 saturated heterocycles. The normalized spacial score (nSPS) is 11.7. The summed E-state index contributed by atoms with van der Waals surface area (Å²) in [5.41, 5.74) is 10.5. The Morgan fingerprint density at radius 1 is 1.73 bits per heavy atom. The van der Waals surface area contributed by atoms with E-state index in [4.69, 9.17) is 17.9 Å². The standard InChI is InChI=1S/C7H13N3O/c1-2-3-6(9)7(11)10-5-4-8/h1,6H,3-5,8-9H2,(H,10,11). The fourth-order valence-electron chi connectivity index (χ4n) is 0.546. The molecule has 1 atom stereocenters. The van der Waals surface area contributed by atoms with E-state index in [1.165, 1.54) is 0 Å². The fraction of sp³-hybridized carbons (Fsp3) is 0.571. The van der Waals surface area contributed by atoms with Gasteiger partial charge in [-0.2, -0.15) is 0 Å². The molecule has 0 aromatic rings. The summed E-state index contributed by atoms with van der Waals surface area (Å²) in [7, 11) is 0. The molecule has 0 bridgehead atoms. The average molecular weight is 155 g/mol. The minimum Gasteiger partial charge on any atom is -0.353 e. The summed E-state index contributed by atoms with van der Waals surface area (Å²) >= 11 is 0. The van der Waals surface area contributed by atoms with E-state index in [1.807, 2.05) is 0 Å². The monoisotopic (exact) mass is 155 g/mol. The third-order valence-electron chi connectivity index (χ3n) is 1.12. The van der Waals surface area contributed by atoms with Gasteiger partial charge in [-0.05, 0) is 0 Å². The molecule has 1 amide bonds. The topological polar surface area (TPSA) is 81.1 Å². The van der Waals surface area contributed by atoms with E-state index in [2.05, 4.69) is 11.2 Å². The van der Waals surface area contributed by atoms with Gasteiger partial charge in [-0.25, -0.2) is 0 Å². The summed E-state index contributed by atoms with van der Waals surface area (Å²) in [6, 6.07) is -0.605. The van der Waals surface area contributed by atoms with E-state index in [9.17, 15) is 4.79 Å². The van der Waals surface area contributed by atoms with Crippen LogP contribution in [-0.4, -0.2) is 25.0 Å². The van der Waals surface area contributed by atoms with E-state index in [0.717, 1.165) is 0 Å². The lowest BCUT2D eigenvalue weighted by Crippen LogP contribution is -2.42. The van der Waals surface area contributed by atoms with Crippen LogP contribution in [0.25, 0.3) is 0 Å². The summed E-state index contributed by atoms with van der Waals surface area (Å²) in [5.74, 6) is 2.07. The Kier molecular flexibility index (Phi) is 5.17. The first-order valence-electron chi connectivity index (χ1n) is 3.39. The second-order valence-electron chi connectivity index (χ2n) is 2.09. The van der Waals surface area contributed by atoms with Gasteiger partial charge >= 0.3 is 0 Å². The molecule has 4 heteroatoms. The molecule has 4 nitrogen and oxygen atoms in total. The van der Waals surface area contributed by atoms with Crippen LogP contribution in [0.15, 0.2) is 0 Å². The van der Waals surface area contributed by atoms with Gasteiger partial charge in [-0.15, -0.1) is 12.3 Å². The quantitative estimate of drug-likeness (QED) is 0.428. The maximum absolute atomic E-state index is 10.9. The Hall–Kier alpha value is -1.05. The lowest BCUT2D eigenvalue weighted by Gasteiger charge is -2.07. The van der Waals surface area contributed by atoms with Gasteiger partial charge in [0.2, 0.25) is 5.91 Å². The first-order chi connectivity index (χ1) is 5.22. The van der Waals surface area contributed by atoms with Crippen LogP contribution in [0.2, 0.25) is 0 Å². The molecule has 11 heavy (non-hydrogen) atoms. The molecule has 0 saturated carbocycles. The van der Waals surface area contributed by atoms with Crippen LogP contribution >= 0.6 is 0 Å². The molecule has 0 radical (unpaired) electrons. The fourth-order valence-corrected chi connectivity index (χ4v) is 0.546. The lowest BCUT2D eigenvalue weighted by molar-refractivity contribution is -0.122. The average Bonchev–Trinajstić information content (AvgIpc) is 2.00. The zero-order valence-corrected chi connectivity index (χ0v) is 6.34. The molecule has 5 N–H and O–H groups in total. The number of hydrogen-bond donors (Lipinski definition) is 3. The molecule has 62 valence electrons. The van der Waals surface area contributed by atoms with E-state index in [0.29, 0.717) is 13.1 Å². The maximum atomic E-state index is 10.9. The number of amides is 1. The maximum Gasteiger partial charge on any atom is 0.237 e. The van der Waals surface area contributed by atoms with Crippen molar-refractivity contribution < 1.29 is 4.79 Å². The molecule has 0 aromatic carbocycles. The van der Waals surface area contributed by atoms with Crippen LogP contribution in [0, 0.1) is 12.3 Å². The number of nitrogens with two attached hydrogens (primary N) is 2. The van der Waals surface area contributed by atoms with Gasteiger partial charge in [0.15, 0.2) is 0 Å². The van der Waals surface area contributed by atoms with Crippen LogP contribution in [0.4, 0.5) is 0 Å². The van der Waals surface area contributed by atoms with Crippen LogP contribution in [0.3, 0.4) is 0 Å². The molecular weight excluding hydrogens is 142 g/mol. The second kappa shape index (κ2) is 5.71. The molecule has 0 aliphatic carbocycles. The van der Waals surface area contributed by atoms with Gasteiger partial charge in [0, 0.05) is 19.5 Å². The Balaban J connectivity index is 3.57.